The molecule has 1 fully saturated rings. The molecular formula is C12H12F2N2S. The molecule has 90 valence electrons. The van der Waals surface area contributed by atoms with Gasteiger partial charge in [-0.25, -0.2) is 8.78 Å². The third kappa shape index (κ3) is 2.22. The SMILES string of the molecule is CN(c1ccc(C#N)c(F)c1F)C1CCSC1. The maximum atomic E-state index is 13.8. The molecule has 1 heterocycles. The van der Waals surface area contributed by atoms with E-state index in [0.717, 1.165) is 17.9 Å². The number of nitriles is 1. The molecule has 2 rings (SSSR count). The maximum Gasteiger partial charge on any atom is 0.183 e. The van der Waals surface area contributed by atoms with E-state index in [2.05, 4.69) is 0 Å². The number of hydrogen-bond donors (Lipinski definition) is 0. The molecule has 0 spiro atoms. The van der Waals surface area contributed by atoms with Gasteiger partial charge in [-0.15, -0.1) is 0 Å². The van der Waals surface area contributed by atoms with E-state index in [0.29, 0.717) is 0 Å². The summed E-state index contributed by atoms with van der Waals surface area (Å²) in [5, 5.41) is 8.61. The Kier molecular flexibility index (Phi) is 3.53. The van der Waals surface area contributed by atoms with Crippen LogP contribution < -0.4 is 4.90 Å². The average Bonchev–Trinajstić information content (AvgIpc) is 2.85. The van der Waals surface area contributed by atoms with E-state index in [1.54, 1.807) is 18.0 Å². The molecule has 0 amide bonds. The highest BCUT2D eigenvalue weighted by Crippen LogP contribution is 2.29. The van der Waals surface area contributed by atoms with Crippen LogP contribution in [0.3, 0.4) is 0 Å². The van der Waals surface area contributed by atoms with Crippen LogP contribution in [0.4, 0.5) is 14.5 Å². The summed E-state index contributed by atoms with van der Waals surface area (Å²) in [5.41, 5.74) is -0.0190. The number of hydrogen-bond acceptors (Lipinski definition) is 3. The van der Waals surface area contributed by atoms with Crippen molar-refractivity contribution in [3.8, 4) is 6.07 Å². The summed E-state index contributed by atoms with van der Waals surface area (Å²) in [5.74, 6) is -0.00149. The molecule has 1 aromatic carbocycles. The van der Waals surface area contributed by atoms with Crippen LogP contribution >= 0.6 is 11.8 Å². The van der Waals surface area contributed by atoms with E-state index in [4.69, 9.17) is 5.26 Å². The lowest BCUT2D eigenvalue weighted by atomic mass is 10.1. The molecule has 1 atom stereocenters. The lowest BCUT2D eigenvalue weighted by molar-refractivity contribution is 0.502. The van der Waals surface area contributed by atoms with Gasteiger partial charge in [0.15, 0.2) is 11.6 Å². The summed E-state index contributed by atoms with van der Waals surface area (Å²) >= 11 is 1.81. The predicted molar refractivity (Wildman–Crippen MR) is 65.2 cm³/mol. The van der Waals surface area contributed by atoms with Gasteiger partial charge in [0.25, 0.3) is 0 Å². The Morgan fingerprint density at radius 2 is 2.18 bits per heavy atom. The van der Waals surface area contributed by atoms with E-state index in [1.807, 2.05) is 11.8 Å². The monoisotopic (exact) mass is 254 g/mol. The molecule has 0 saturated carbocycles. The Bertz CT molecular complexity index is 464. The zero-order chi connectivity index (χ0) is 12.4. The molecule has 0 aromatic heterocycles. The van der Waals surface area contributed by atoms with Gasteiger partial charge >= 0.3 is 0 Å². The minimum atomic E-state index is -1.05. The highest BCUT2D eigenvalue weighted by Gasteiger charge is 2.24. The second kappa shape index (κ2) is 4.92. The van der Waals surface area contributed by atoms with Crippen LogP contribution in [0.1, 0.15) is 12.0 Å². The van der Waals surface area contributed by atoms with Crippen molar-refractivity contribution in [2.24, 2.45) is 0 Å². The molecule has 1 aliphatic heterocycles. The summed E-state index contributed by atoms with van der Waals surface area (Å²) in [4.78, 5) is 1.76. The van der Waals surface area contributed by atoms with E-state index in [9.17, 15) is 8.78 Å². The third-order valence-corrected chi connectivity index (χ3v) is 4.16. The third-order valence-electron chi connectivity index (χ3n) is 3.02. The van der Waals surface area contributed by atoms with Gasteiger partial charge in [0, 0.05) is 18.8 Å². The molecule has 17 heavy (non-hydrogen) atoms. The van der Waals surface area contributed by atoms with Gasteiger partial charge in [0.2, 0.25) is 0 Å². The van der Waals surface area contributed by atoms with Gasteiger partial charge in [-0.2, -0.15) is 17.0 Å². The topological polar surface area (TPSA) is 27.0 Å². The fourth-order valence-corrected chi connectivity index (χ4v) is 3.19. The minimum absolute atomic E-state index is 0.231. The molecule has 1 aromatic rings. The van der Waals surface area contributed by atoms with E-state index < -0.39 is 11.6 Å². The van der Waals surface area contributed by atoms with Crippen molar-refractivity contribution in [3.63, 3.8) is 0 Å². The van der Waals surface area contributed by atoms with Crippen LogP contribution in [0.2, 0.25) is 0 Å². The van der Waals surface area contributed by atoms with Crippen molar-refractivity contribution in [3.05, 3.63) is 29.3 Å². The van der Waals surface area contributed by atoms with Crippen LogP contribution in [-0.2, 0) is 0 Å². The first kappa shape index (κ1) is 12.2. The summed E-state index contributed by atoms with van der Waals surface area (Å²) in [6, 6.07) is 4.67. The Balaban J connectivity index is 2.33. The van der Waals surface area contributed by atoms with Crippen LogP contribution in [0, 0.1) is 23.0 Å². The van der Waals surface area contributed by atoms with Crippen molar-refractivity contribution in [2.75, 3.05) is 23.5 Å². The Labute approximate surface area is 103 Å². The number of benzene rings is 1. The number of nitrogens with zero attached hydrogens (tertiary/aromatic N) is 2. The average molecular weight is 254 g/mol. The van der Waals surface area contributed by atoms with Crippen LogP contribution in [-0.4, -0.2) is 24.6 Å². The quantitative estimate of drug-likeness (QED) is 0.812. The molecule has 5 heteroatoms. The summed E-state index contributed by atoms with van der Waals surface area (Å²) in [6.07, 6.45) is 0.974. The molecule has 1 unspecified atom stereocenters. The van der Waals surface area contributed by atoms with Gasteiger partial charge < -0.3 is 4.90 Å². The lowest BCUT2D eigenvalue weighted by Crippen LogP contribution is -2.32. The Morgan fingerprint density at radius 1 is 1.41 bits per heavy atom. The Morgan fingerprint density at radius 3 is 2.76 bits per heavy atom. The molecule has 1 saturated heterocycles. The summed E-state index contributed by atoms with van der Waals surface area (Å²) < 4.78 is 27.3. The van der Waals surface area contributed by atoms with Gasteiger partial charge in [-0.05, 0) is 24.3 Å². The molecule has 0 bridgehead atoms. The van der Waals surface area contributed by atoms with Crippen LogP contribution in [0.15, 0.2) is 12.1 Å². The van der Waals surface area contributed by atoms with Crippen LogP contribution in [0.25, 0.3) is 0 Å². The minimum Gasteiger partial charge on any atom is -0.368 e. The van der Waals surface area contributed by atoms with Crippen molar-refractivity contribution in [1.82, 2.24) is 0 Å². The zero-order valence-electron chi connectivity index (χ0n) is 9.41. The first-order valence-electron chi connectivity index (χ1n) is 5.34. The fraction of sp³-hybridized carbons (Fsp3) is 0.417. The molecule has 0 aliphatic carbocycles. The highest BCUT2D eigenvalue weighted by molar-refractivity contribution is 7.99. The molecular weight excluding hydrogens is 242 g/mol. The smallest absolute Gasteiger partial charge is 0.183 e. The zero-order valence-corrected chi connectivity index (χ0v) is 10.2. The molecule has 1 aliphatic rings. The standard InChI is InChI=1S/C12H12F2N2S/c1-16(9-4-5-17-7-9)10-3-2-8(6-15)11(13)12(10)14/h2-3,9H,4-5,7H2,1H3. The van der Waals surface area contributed by atoms with Gasteiger partial charge in [-0.3, -0.25) is 0 Å². The van der Waals surface area contributed by atoms with Crippen molar-refractivity contribution < 1.29 is 8.78 Å². The van der Waals surface area contributed by atoms with E-state index in [1.165, 1.54) is 12.1 Å². The first-order chi connectivity index (χ1) is 8.15. The fourth-order valence-electron chi connectivity index (χ4n) is 1.92. The molecule has 2 nitrogen and oxygen atoms in total. The number of rotatable bonds is 2. The van der Waals surface area contributed by atoms with E-state index >= 15 is 0 Å². The predicted octanol–water partition coefficient (Wildman–Crippen LogP) is 2.78. The largest absolute Gasteiger partial charge is 0.368 e. The Hall–Kier alpha value is -1.28. The van der Waals surface area contributed by atoms with Gasteiger partial charge in [0.05, 0.1) is 11.3 Å². The normalized spacial score (nSPS) is 19.1. The van der Waals surface area contributed by atoms with Crippen LogP contribution in [0.5, 0.6) is 0 Å². The second-order valence-corrected chi connectivity index (χ2v) is 5.15. The van der Waals surface area contributed by atoms with E-state index in [-0.39, 0.29) is 17.3 Å². The number of thioether (sulfide) groups is 1. The lowest BCUT2D eigenvalue weighted by Gasteiger charge is -2.26. The summed E-state index contributed by atoms with van der Waals surface area (Å²) in [6.45, 7) is 0. The first-order valence-corrected chi connectivity index (χ1v) is 6.49. The van der Waals surface area contributed by atoms with Gasteiger partial charge in [-0.1, -0.05) is 0 Å². The maximum absolute atomic E-state index is 13.8. The highest BCUT2D eigenvalue weighted by atomic mass is 32.2. The van der Waals surface area contributed by atoms with Crippen molar-refractivity contribution in [1.29, 1.82) is 5.26 Å². The number of halogens is 2. The van der Waals surface area contributed by atoms with Crippen molar-refractivity contribution >= 4 is 17.4 Å². The van der Waals surface area contributed by atoms with Crippen molar-refractivity contribution in [2.45, 2.75) is 12.5 Å². The number of anilines is 1. The molecule has 0 N–H and O–H groups in total. The summed E-state index contributed by atoms with van der Waals surface area (Å²) in [7, 11) is 1.76. The van der Waals surface area contributed by atoms with Gasteiger partial charge in [0.1, 0.15) is 6.07 Å². The second-order valence-electron chi connectivity index (χ2n) is 4.00. The molecule has 0 radical (unpaired) electrons.